The zero-order valence-electron chi connectivity index (χ0n) is 26.6. The van der Waals surface area contributed by atoms with Gasteiger partial charge in [-0.1, -0.05) is 42.9 Å². The van der Waals surface area contributed by atoms with Gasteiger partial charge in [0.1, 0.15) is 17.7 Å². The van der Waals surface area contributed by atoms with Crippen LogP contribution in [0, 0.1) is 12.8 Å². The number of thiazole rings is 1. The fourth-order valence-electron chi connectivity index (χ4n) is 4.98. The van der Waals surface area contributed by atoms with E-state index in [0.29, 0.717) is 27.7 Å². The van der Waals surface area contributed by atoms with E-state index in [2.05, 4.69) is 10.3 Å². The van der Waals surface area contributed by atoms with Crippen molar-refractivity contribution in [3.63, 3.8) is 0 Å². The van der Waals surface area contributed by atoms with Crippen LogP contribution in [-0.4, -0.2) is 66.8 Å². The molecule has 0 saturated heterocycles. The Hall–Kier alpha value is -2.70. The van der Waals surface area contributed by atoms with E-state index in [1.165, 1.54) is 28.4 Å². The smallest absolute Gasteiger partial charge is 0.411 e. The molecule has 3 rings (SSSR count). The van der Waals surface area contributed by atoms with Crippen molar-refractivity contribution in [2.45, 2.75) is 109 Å². The number of hydrogen-bond donors (Lipinski definition) is 1. The fourth-order valence-corrected chi connectivity index (χ4v) is 7.26. The summed E-state index contributed by atoms with van der Waals surface area (Å²) < 4.78 is 35.7. The minimum atomic E-state index is -3.53. The molecule has 1 aromatic heterocycles. The number of anilines is 1. The maximum absolute atomic E-state index is 13.3. The molecular formula is C31H44ClN3O7S2. The number of carbonyl (C=O) groups excluding carboxylic acids is 3. The fraction of sp³-hybridized carbons (Fsp3) is 0.613. The van der Waals surface area contributed by atoms with Crippen molar-refractivity contribution in [3.05, 3.63) is 28.9 Å². The average Bonchev–Trinajstić information content (AvgIpc) is 3.53. The highest BCUT2D eigenvalue weighted by Gasteiger charge is 2.36. The Morgan fingerprint density at radius 1 is 1.18 bits per heavy atom. The van der Waals surface area contributed by atoms with Crippen LogP contribution in [-0.2, 0) is 28.9 Å². The summed E-state index contributed by atoms with van der Waals surface area (Å²) in [4.78, 5) is 46.1. The quantitative estimate of drug-likeness (QED) is 0.238. The molecule has 1 aliphatic rings. The summed E-state index contributed by atoms with van der Waals surface area (Å²) in [5.74, 6) is -0.634. The van der Waals surface area contributed by atoms with Crippen LogP contribution in [0.3, 0.4) is 0 Å². The molecule has 1 aliphatic carbocycles. The number of rotatable bonds is 12. The van der Waals surface area contributed by atoms with Crippen LogP contribution in [0.1, 0.15) is 85.3 Å². The number of esters is 1. The van der Waals surface area contributed by atoms with Gasteiger partial charge in [-0.2, -0.15) is 0 Å². The van der Waals surface area contributed by atoms with Crippen LogP contribution in [0.2, 0.25) is 5.02 Å². The summed E-state index contributed by atoms with van der Waals surface area (Å²) in [7, 11) is -3.53. The number of nitrogens with zero attached hydrogens (tertiary/aromatic N) is 2. The third kappa shape index (κ3) is 10.4. The van der Waals surface area contributed by atoms with Gasteiger partial charge < -0.3 is 14.8 Å². The van der Waals surface area contributed by atoms with Gasteiger partial charge in [0.2, 0.25) is 5.91 Å². The number of aryl methyl sites for hydroxylation is 1. The van der Waals surface area contributed by atoms with Gasteiger partial charge >= 0.3 is 12.1 Å². The zero-order valence-corrected chi connectivity index (χ0v) is 29.0. The van der Waals surface area contributed by atoms with Crippen LogP contribution in [0.25, 0.3) is 10.4 Å². The molecule has 1 atom stereocenters. The largest absolute Gasteiger partial charge is 0.461 e. The summed E-state index contributed by atoms with van der Waals surface area (Å²) in [6.07, 6.45) is 4.76. The Balaban J connectivity index is 1.71. The van der Waals surface area contributed by atoms with E-state index >= 15 is 0 Å². The van der Waals surface area contributed by atoms with Crippen molar-refractivity contribution in [2.75, 3.05) is 18.1 Å². The molecule has 1 aromatic carbocycles. The van der Waals surface area contributed by atoms with Crippen molar-refractivity contribution in [1.29, 1.82) is 0 Å². The van der Waals surface area contributed by atoms with Gasteiger partial charge in [-0.25, -0.2) is 23.0 Å². The second-order valence-corrected chi connectivity index (χ2v) is 16.1. The SMILES string of the molecule is Cc1nc(NC(=O)CCCN(C(=O)OC(C)(C)C)[C@@H](CC(C)C)C(=O)OC2CCCC2)sc1-c1ccc(Cl)c(S(C)(=O)=O)c1. The van der Waals surface area contributed by atoms with Gasteiger partial charge in [-0.15, -0.1) is 0 Å². The monoisotopic (exact) mass is 669 g/mol. The van der Waals surface area contributed by atoms with Crippen molar-refractivity contribution in [2.24, 2.45) is 5.92 Å². The standard InChI is InChI=1S/C31H44ClN3O7S2/c1-19(2)17-24(28(37)41-22-11-8-9-12-22)35(30(38)42-31(4,5)6)16-10-13-26(36)34-29-33-20(3)27(43-29)21-14-15-23(32)25(18-21)44(7,39)40/h14-15,18-19,22,24H,8-13,16-17H2,1-7H3,(H,33,34,36)/t24-/m0/s1. The number of benzene rings is 1. The highest BCUT2D eigenvalue weighted by molar-refractivity contribution is 7.90. The number of carbonyl (C=O) groups is 3. The number of sulfone groups is 1. The van der Waals surface area contributed by atoms with E-state index in [1.54, 1.807) is 33.8 Å². The molecule has 44 heavy (non-hydrogen) atoms. The van der Waals surface area contributed by atoms with Gasteiger partial charge in [0.05, 0.1) is 20.5 Å². The summed E-state index contributed by atoms with van der Waals surface area (Å²) >= 11 is 7.32. The van der Waals surface area contributed by atoms with Gasteiger partial charge in [-0.05, 0) is 89.8 Å². The molecule has 10 nitrogen and oxygen atoms in total. The number of ether oxygens (including phenoxy) is 2. The van der Waals surface area contributed by atoms with Gasteiger partial charge in [-0.3, -0.25) is 9.69 Å². The highest BCUT2D eigenvalue weighted by Crippen LogP contribution is 2.36. The second kappa shape index (κ2) is 15.1. The molecule has 1 fully saturated rings. The first-order chi connectivity index (χ1) is 20.4. The molecule has 2 aromatic rings. The van der Waals surface area contributed by atoms with Crippen molar-refractivity contribution < 1.29 is 32.3 Å². The molecule has 13 heteroatoms. The Morgan fingerprint density at radius 2 is 1.84 bits per heavy atom. The lowest BCUT2D eigenvalue weighted by Crippen LogP contribution is -2.49. The normalized spacial score (nSPS) is 14.8. The first kappa shape index (κ1) is 35.8. The lowest BCUT2D eigenvalue weighted by Gasteiger charge is -2.33. The topological polar surface area (TPSA) is 132 Å². The van der Waals surface area contributed by atoms with E-state index in [9.17, 15) is 22.8 Å². The maximum atomic E-state index is 13.3. The molecule has 1 N–H and O–H groups in total. The summed E-state index contributed by atoms with van der Waals surface area (Å²) in [5, 5.41) is 3.30. The number of aromatic nitrogens is 1. The number of amides is 2. The first-order valence-corrected chi connectivity index (χ1v) is 18.0. The second-order valence-electron chi connectivity index (χ2n) is 12.7. The third-order valence-corrected chi connectivity index (χ3v) is 9.69. The van der Waals surface area contributed by atoms with Crippen LogP contribution < -0.4 is 5.32 Å². The predicted molar refractivity (Wildman–Crippen MR) is 173 cm³/mol. The molecule has 1 saturated carbocycles. The van der Waals surface area contributed by atoms with Crippen LogP contribution in [0.4, 0.5) is 9.93 Å². The van der Waals surface area contributed by atoms with Crippen molar-refractivity contribution in [1.82, 2.24) is 9.88 Å². The van der Waals surface area contributed by atoms with E-state index < -0.39 is 33.5 Å². The van der Waals surface area contributed by atoms with E-state index in [0.717, 1.165) is 31.9 Å². The number of hydrogen-bond acceptors (Lipinski definition) is 9. The lowest BCUT2D eigenvalue weighted by atomic mass is 10.0. The molecule has 0 bridgehead atoms. The molecule has 244 valence electrons. The number of nitrogens with one attached hydrogen (secondary N) is 1. The van der Waals surface area contributed by atoms with Crippen LogP contribution >= 0.6 is 22.9 Å². The van der Waals surface area contributed by atoms with E-state index in [1.807, 2.05) is 13.8 Å². The third-order valence-electron chi connectivity index (χ3n) is 6.99. The minimum Gasteiger partial charge on any atom is -0.461 e. The van der Waals surface area contributed by atoms with Crippen LogP contribution in [0.5, 0.6) is 0 Å². The van der Waals surface area contributed by atoms with Crippen LogP contribution in [0.15, 0.2) is 23.1 Å². The predicted octanol–water partition coefficient (Wildman–Crippen LogP) is 7.03. The first-order valence-electron chi connectivity index (χ1n) is 14.9. The molecule has 1 heterocycles. The molecule has 0 spiro atoms. The molecule has 2 amide bonds. The summed E-state index contributed by atoms with van der Waals surface area (Å²) in [6.45, 7) is 11.2. The average molecular weight is 670 g/mol. The van der Waals surface area contributed by atoms with Gasteiger partial charge in [0, 0.05) is 19.2 Å². The zero-order chi connectivity index (χ0) is 32.8. The van der Waals surface area contributed by atoms with E-state index in [4.69, 9.17) is 21.1 Å². The number of halogens is 1. The Bertz CT molecular complexity index is 1440. The molecule has 0 aliphatic heterocycles. The Labute approximate surface area is 269 Å². The summed E-state index contributed by atoms with van der Waals surface area (Å²) in [6, 6.07) is 3.91. The minimum absolute atomic E-state index is 0.0208. The Kier molecular flexibility index (Phi) is 12.2. The summed E-state index contributed by atoms with van der Waals surface area (Å²) in [5.41, 5.74) is 0.483. The van der Waals surface area contributed by atoms with Crippen molar-refractivity contribution in [3.8, 4) is 10.4 Å². The van der Waals surface area contributed by atoms with E-state index in [-0.39, 0.29) is 47.2 Å². The molecule has 0 radical (unpaired) electrons. The molecule has 0 unspecified atom stereocenters. The molecular weight excluding hydrogens is 626 g/mol. The highest BCUT2D eigenvalue weighted by atomic mass is 35.5. The van der Waals surface area contributed by atoms with Gasteiger partial charge in [0.25, 0.3) is 0 Å². The Morgan fingerprint density at radius 3 is 2.43 bits per heavy atom. The van der Waals surface area contributed by atoms with Gasteiger partial charge in [0.15, 0.2) is 15.0 Å². The van der Waals surface area contributed by atoms with Crippen molar-refractivity contribution >= 4 is 55.9 Å². The maximum Gasteiger partial charge on any atom is 0.411 e. The lowest BCUT2D eigenvalue weighted by molar-refractivity contribution is -0.155.